The van der Waals surface area contributed by atoms with Crippen LogP contribution in [0, 0.1) is 5.41 Å². The van der Waals surface area contributed by atoms with Crippen molar-refractivity contribution in [2.75, 3.05) is 31.6 Å². The molecule has 2 fully saturated rings. The highest BCUT2D eigenvalue weighted by Crippen LogP contribution is 2.44. The topological polar surface area (TPSA) is 58.6 Å². The number of nitrogens with one attached hydrogen (secondary N) is 1. The van der Waals surface area contributed by atoms with Crippen LogP contribution in [0.15, 0.2) is 24.3 Å². The van der Waals surface area contributed by atoms with Gasteiger partial charge in [-0.05, 0) is 42.4 Å². The van der Waals surface area contributed by atoms with Gasteiger partial charge in [-0.2, -0.15) is 0 Å². The molecule has 0 aromatic heterocycles. The van der Waals surface area contributed by atoms with Gasteiger partial charge in [0, 0.05) is 31.6 Å². The molecule has 1 saturated heterocycles. The largest absolute Gasteiger partial charge is 0.378 e. The lowest BCUT2D eigenvalue weighted by molar-refractivity contribution is -0.138. The van der Waals surface area contributed by atoms with E-state index in [0.717, 1.165) is 37.8 Å². The Morgan fingerprint density at radius 1 is 1.15 bits per heavy atom. The molecule has 2 amide bonds. The quantitative estimate of drug-likeness (QED) is 0.848. The second-order valence-electron chi connectivity index (χ2n) is 7.66. The fraction of sp³-hybridized carbons (Fsp3) is 0.619. The van der Waals surface area contributed by atoms with Crippen LogP contribution in [-0.2, 0) is 20.7 Å². The number of carbonyl (C=O) groups is 2. The molecule has 26 heavy (non-hydrogen) atoms. The molecule has 0 unspecified atom stereocenters. The van der Waals surface area contributed by atoms with E-state index in [1.807, 2.05) is 23.1 Å². The van der Waals surface area contributed by atoms with Crippen molar-refractivity contribution in [3.05, 3.63) is 29.8 Å². The maximum Gasteiger partial charge on any atom is 0.224 e. The number of ether oxygens (including phenoxy) is 1. The van der Waals surface area contributed by atoms with Crippen LogP contribution in [0.25, 0.3) is 0 Å². The molecule has 2 aliphatic rings. The molecule has 142 valence electrons. The Kier molecular flexibility index (Phi) is 6.30. The Balaban J connectivity index is 1.61. The fourth-order valence-electron chi connectivity index (χ4n) is 4.20. The lowest BCUT2D eigenvalue weighted by atomic mass is 9.78. The summed E-state index contributed by atoms with van der Waals surface area (Å²) < 4.78 is 5.34. The lowest BCUT2D eigenvalue weighted by Crippen LogP contribution is -2.43. The lowest BCUT2D eigenvalue weighted by Gasteiger charge is -2.33. The standard InChI is InChI=1S/C21H30N2O3/c1-2-17-6-5-7-18(14-17)22-19(24)15-21(8-3-4-9-21)16-20(25)23-10-12-26-13-11-23/h5-7,14H,2-4,8-13,15-16H2,1H3,(H,22,24). The van der Waals surface area contributed by atoms with Gasteiger partial charge in [-0.1, -0.05) is 31.9 Å². The summed E-state index contributed by atoms with van der Waals surface area (Å²) >= 11 is 0. The number of hydrogen-bond donors (Lipinski definition) is 1. The summed E-state index contributed by atoms with van der Waals surface area (Å²) in [5.41, 5.74) is 1.88. The van der Waals surface area contributed by atoms with Gasteiger partial charge in [0.25, 0.3) is 0 Å². The van der Waals surface area contributed by atoms with Crippen LogP contribution in [-0.4, -0.2) is 43.0 Å². The van der Waals surface area contributed by atoms with Gasteiger partial charge in [-0.15, -0.1) is 0 Å². The Morgan fingerprint density at radius 3 is 2.58 bits per heavy atom. The first kappa shape index (κ1) is 18.9. The van der Waals surface area contributed by atoms with E-state index in [1.165, 1.54) is 5.56 Å². The van der Waals surface area contributed by atoms with Crippen molar-refractivity contribution < 1.29 is 14.3 Å². The van der Waals surface area contributed by atoms with Crippen LogP contribution >= 0.6 is 0 Å². The van der Waals surface area contributed by atoms with Crippen LogP contribution in [0.5, 0.6) is 0 Å². The molecule has 1 aliphatic carbocycles. The number of rotatable bonds is 6. The van der Waals surface area contributed by atoms with Gasteiger partial charge in [-0.25, -0.2) is 0 Å². The minimum Gasteiger partial charge on any atom is -0.378 e. The molecule has 1 aromatic rings. The van der Waals surface area contributed by atoms with E-state index in [-0.39, 0.29) is 17.2 Å². The fourth-order valence-corrected chi connectivity index (χ4v) is 4.20. The molecule has 5 nitrogen and oxygen atoms in total. The number of carbonyl (C=O) groups excluding carboxylic acids is 2. The summed E-state index contributed by atoms with van der Waals surface area (Å²) in [5.74, 6) is 0.200. The molecule has 0 bridgehead atoms. The Morgan fingerprint density at radius 2 is 1.88 bits per heavy atom. The highest BCUT2D eigenvalue weighted by Gasteiger charge is 2.39. The number of amides is 2. The predicted molar refractivity (Wildman–Crippen MR) is 102 cm³/mol. The van der Waals surface area contributed by atoms with E-state index in [1.54, 1.807) is 0 Å². The SMILES string of the molecule is CCc1cccc(NC(=O)CC2(CC(=O)N3CCOCC3)CCCC2)c1. The second-order valence-corrected chi connectivity index (χ2v) is 7.66. The van der Waals surface area contributed by atoms with Gasteiger partial charge in [-0.3, -0.25) is 9.59 Å². The summed E-state index contributed by atoms with van der Waals surface area (Å²) in [6, 6.07) is 7.99. The van der Waals surface area contributed by atoms with E-state index in [0.29, 0.717) is 39.1 Å². The third-order valence-electron chi connectivity index (χ3n) is 5.71. The summed E-state index contributed by atoms with van der Waals surface area (Å²) in [4.78, 5) is 27.3. The van der Waals surface area contributed by atoms with Crippen molar-refractivity contribution in [2.24, 2.45) is 5.41 Å². The van der Waals surface area contributed by atoms with Crippen LogP contribution < -0.4 is 5.32 Å². The highest BCUT2D eigenvalue weighted by atomic mass is 16.5. The summed E-state index contributed by atoms with van der Waals surface area (Å²) in [7, 11) is 0. The first-order valence-electron chi connectivity index (χ1n) is 9.85. The molecule has 1 saturated carbocycles. The molecule has 5 heteroatoms. The maximum absolute atomic E-state index is 12.7. The van der Waals surface area contributed by atoms with E-state index < -0.39 is 0 Å². The molecule has 1 aliphatic heterocycles. The van der Waals surface area contributed by atoms with Gasteiger partial charge < -0.3 is 15.0 Å². The van der Waals surface area contributed by atoms with Crippen molar-refractivity contribution in [1.82, 2.24) is 4.90 Å². The number of anilines is 1. The Bertz CT molecular complexity index is 632. The zero-order chi connectivity index (χ0) is 18.4. The number of hydrogen-bond acceptors (Lipinski definition) is 3. The third kappa shape index (κ3) is 4.85. The monoisotopic (exact) mass is 358 g/mol. The van der Waals surface area contributed by atoms with E-state index in [4.69, 9.17) is 4.74 Å². The summed E-state index contributed by atoms with van der Waals surface area (Å²) in [5, 5.41) is 3.04. The van der Waals surface area contributed by atoms with Crippen molar-refractivity contribution >= 4 is 17.5 Å². The first-order chi connectivity index (χ1) is 12.6. The zero-order valence-electron chi connectivity index (χ0n) is 15.8. The number of morpholine rings is 1. The van der Waals surface area contributed by atoms with Crippen LogP contribution in [0.1, 0.15) is 51.0 Å². The smallest absolute Gasteiger partial charge is 0.224 e. The minimum atomic E-state index is -0.179. The van der Waals surface area contributed by atoms with E-state index >= 15 is 0 Å². The third-order valence-corrected chi connectivity index (χ3v) is 5.71. The molecule has 0 spiro atoms. The van der Waals surface area contributed by atoms with E-state index in [9.17, 15) is 9.59 Å². The summed E-state index contributed by atoms with van der Waals surface area (Å²) in [6.07, 6.45) is 6.00. The minimum absolute atomic E-state index is 0.0231. The van der Waals surface area contributed by atoms with Gasteiger partial charge in [0.2, 0.25) is 11.8 Å². The van der Waals surface area contributed by atoms with Crippen LogP contribution in [0.3, 0.4) is 0 Å². The zero-order valence-corrected chi connectivity index (χ0v) is 15.8. The normalized spacial score (nSPS) is 19.3. The molecule has 1 heterocycles. The molecule has 1 N–H and O–H groups in total. The molecule has 0 atom stereocenters. The first-order valence-corrected chi connectivity index (χ1v) is 9.85. The average Bonchev–Trinajstić information content (AvgIpc) is 3.10. The van der Waals surface area contributed by atoms with Gasteiger partial charge >= 0.3 is 0 Å². The molecular formula is C21H30N2O3. The van der Waals surface area contributed by atoms with Gasteiger partial charge in [0.05, 0.1) is 13.2 Å². The number of aryl methyl sites for hydroxylation is 1. The highest BCUT2D eigenvalue weighted by molar-refractivity contribution is 5.91. The van der Waals surface area contributed by atoms with Gasteiger partial charge in [0.1, 0.15) is 0 Å². The van der Waals surface area contributed by atoms with Crippen LogP contribution in [0.2, 0.25) is 0 Å². The Labute approximate surface area is 156 Å². The van der Waals surface area contributed by atoms with Crippen molar-refractivity contribution in [1.29, 1.82) is 0 Å². The van der Waals surface area contributed by atoms with Crippen molar-refractivity contribution in [2.45, 2.75) is 51.9 Å². The molecule has 1 aromatic carbocycles. The van der Waals surface area contributed by atoms with Crippen LogP contribution in [0.4, 0.5) is 5.69 Å². The van der Waals surface area contributed by atoms with Gasteiger partial charge in [0.15, 0.2) is 0 Å². The molecular weight excluding hydrogens is 328 g/mol. The molecule has 0 radical (unpaired) electrons. The number of benzene rings is 1. The maximum atomic E-state index is 12.7. The van der Waals surface area contributed by atoms with Crippen molar-refractivity contribution in [3.8, 4) is 0 Å². The Hall–Kier alpha value is -1.88. The second kappa shape index (κ2) is 8.67. The average molecular weight is 358 g/mol. The van der Waals surface area contributed by atoms with E-state index in [2.05, 4.69) is 18.3 Å². The summed E-state index contributed by atoms with van der Waals surface area (Å²) in [6.45, 7) is 4.68. The van der Waals surface area contributed by atoms with Crippen molar-refractivity contribution in [3.63, 3.8) is 0 Å². The number of nitrogens with zero attached hydrogens (tertiary/aromatic N) is 1. The molecule has 3 rings (SSSR count). The predicted octanol–water partition coefficient (Wildman–Crippen LogP) is 3.39.